The van der Waals surface area contributed by atoms with Gasteiger partial charge in [0.05, 0.1) is 20.3 Å². The van der Waals surface area contributed by atoms with E-state index in [1.165, 1.54) is 27.2 Å². The normalized spacial score (nSPS) is 12.1. The van der Waals surface area contributed by atoms with Crippen LogP contribution in [0.3, 0.4) is 0 Å². The number of aliphatic hydroxyl groups excluding tert-OH is 1. The molecule has 16 heavy (non-hydrogen) atoms. The molecule has 0 radical (unpaired) electrons. The Kier molecular flexibility index (Phi) is 3.84. The van der Waals surface area contributed by atoms with E-state index in [0.717, 1.165) is 6.07 Å². The fourth-order valence-corrected chi connectivity index (χ4v) is 1.32. The van der Waals surface area contributed by atoms with Crippen LogP contribution in [0, 0.1) is 5.82 Å². The smallest absolute Gasteiger partial charge is 0.341 e. The van der Waals surface area contributed by atoms with Gasteiger partial charge in [0.15, 0.2) is 11.6 Å². The fourth-order valence-electron chi connectivity index (χ4n) is 1.32. The summed E-state index contributed by atoms with van der Waals surface area (Å²) in [6.07, 6.45) is -0.871. The Morgan fingerprint density at radius 3 is 2.50 bits per heavy atom. The maximum absolute atomic E-state index is 13.5. The van der Waals surface area contributed by atoms with Gasteiger partial charge in [-0.3, -0.25) is 0 Å². The standard InChI is InChI=1S/C11H13FO4/c1-6(13)7-4-8(11(14)16-3)10(15-2)9(12)5-7/h4-6,13H,1-3H3. The predicted octanol–water partition coefficient (Wildman–Crippen LogP) is 1.67. The van der Waals surface area contributed by atoms with Crippen molar-refractivity contribution in [3.8, 4) is 5.75 Å². The summed E-state index contributed by atoms with van der Waals surface area (Å²) >= 11 is 0. The summed E-state index contributed by atoms with van der Waals surface area (Å²) in [5.74, 6) is -1.60. The summed E-state index contributed by atoms with van der Waals surface area (Å²) in [6, 6.07) is 2.47. The van der Waals surface area contributed by atoms with E-state index in [9.17, 15) is 14.3 Å². The average Bonchev–Trinajstić information content (AvgIpc) is 2.26. The maximum Gasteiger partial charge on any atom is 0.341 e. The molecule has 4 nitrogen and oxygen atoms in total. The molecule has 0 heterocycles. The van der Waals surface area contributed by atoms with Crippen molar-refractivity contribution < 1.29 is 23.8 Å². The van der Waals surface area contributed by atoms with E-state index in [0.29, 0.717) is 5.56 Å². The Bertz CT molecular complexity index is 401. The van der Waals surface area contributed by atoms with Crippen LogP contribution in [0.4, 0.5) is 4.39 Å². The second-order valence-corrected chi connectivity index (χ2v) is 3.25. The third-order valence-electron chi connectivity index (χ3n) is 2.16. The number of hydrogen-bond donors (Lipinski definition) is 1. The quantitative estimate of drug-likeness (QED) is 0.799. The van der Waals surface area contributed by atoms with E-state index in [1.54, 1.807) is 0 Å². The highest BCUT2D eigenvalue weighted by Gasteiger charge is 2.19. The highest BCUT2D eigenvalue weighted by atomic mass is 19.1. The zero-order valence-electron chi connectivity index (χ0n) is 9.28. The molecule has 5 heteroatoms. The number of rotatable bonds is 3. The van der Waals surface area contributed by atoms with Gasteiger partial charge in [-0.25, -0.2) is 9.18 Å². The number of esters is 1. The second-order valence-electron chi connectivity index (χ2n) is 3.25. The highest BCUT2D eigenvalue weighted by Crippen LogP contribution is 2.27. The molecular formula is C11H13FO4. The van der Waals surface area contributed by atoms with Crippen LogP contribution in [-0.2, 0) is 4.74 Å². The second kappa shape index (κ2) is 4.94. The van der Waals surface area contributed by atoms with E-state index in [-0.39, 0.29) is 11.3 Å². The minimum atomic E-state index is -0.871. The van der Waals surface area contributed by atoms with E-state index in [1.807, 2.05) is 0 Å². The fraction of sp³-hybridized carbons (Fsp3) is 0.364. The van der Waals surface area contributed by atoms with E-state index in [4.69, 9.17) is 4.74 Å². The van der Waals surface area contributed by atoms with Crippen molar-refractivity contribution in [3.63, 3.8) is 0 Å². The Morgan fingerprint density at radius 1 is 1.44 bits per heavy atom. The van der Waals surface area contributed by atoms with E-state index >= 15 is 0 Å². The molecule has 1 N–H and O–H groups in total. The van der Waals surface area contributed by atoms with Crippen molar-refractivity contribution in [2.45, 2.75) is 13.0 Å². The Morgan fingerprint density at radius 2 is 2.06 bits per heavy atom. The van der Waals surface area contributed by atoms with E-state index < -0.39 is 17.9 Å². The Labute approximate surface area is 92.6 Å². The topological polar surface area (TPSA) is 55.8 Å². The molecule has 0 aliphatic heterocycles. The summed E-state index contributed by atoms with van der Waals surface area (Å²) < 4.78 is 22.8. The van der Waals surface area contributed by atoms with Crippen LogP contribution in [0.2, 0.25) is 0 Å². The van der Waals surface area contributed by atoms with Gasteiger partial charge in [-0.1, -0.05) is 0 Å². The maximum atomic E-state index is 13.5. The minimum Gasteiger partial charge on any atom is -0.493 e. The van der Waals surface area contributed by atoms with Crippen LogP contribution >= 0.6 is 0 Å². The average molecular weight is 228 g/mol. The van der Waals surface area contributed by atoms with Crippen LogP contribution in [0.1, 0.15) is 28.9 Å². The third-order valence-corrected chi connectivity index (χ3v) is 2.16. The minimum absolute atomic E-state index is 0.0408. The molecule has 0 aromatic heterocycles. The molecule has 0 aliphatic carbocycles. The molecule has 0 spiro atoms. The van der Waals surface area contributed by atoms with Crippen molar-refractivity contribution in [1.29, 1.82) is 0 Å². The first-order valence-electron chi connectivity index (χ1n) is 4.65. The van der Waals surface area contributed by atoms with Gasteiger partial charge in [0.1, 0.15) is 5.56 Å². The number of halogens is 1. The molecule has 1 rings (SSSR count). The highest BCUT2D eigenvalue weighted by molar-refractivity contribution is 5.92. The zero-order chi connectivity index (χ0) is 12.3. The van der Waals surface area contributed by atoms with Gasteiger partial charge in [-0.2, -0.15) is 0 Å². The lowest BCUT2D eigenvalue weighted by molar-refractivity contribution is 0.0595. The van der Waals surface area contributed by atoms with Crippen LogP contribution in [-0.4, -0.2) is 25.3 Å². The number of benzene rings is 1. The molecule has 0 saturated heterocycles. The lowest BCUT2D eigenvalue weighted by Crippen LogP contribution is -2.07. The van der Waals surface area contributed by atoms with Crippen LogP contribution in [0.15, 0.2) is 12.1 Å². The molecular weight excluding hydrogens is 215 g/mol. The number of hydrogen-bond acceptors (Lipinski definition) is 4. The number of carbonyl (C=O) groups excluding carboxylic acids is 1. The van der Waals surface area contributed by atoms with Crippen LogP contribution in [0.25, 0.3) is 0 Å². The largest absolute Gasteiger partial charge is 0.493 e. The summed E-state index contributed by atoms with van der Waals surface area (Å²) in [5.41, 5.74) is 0.250. The van der Waals surface area contributed by atoms with Gasteiger partial charge < -0.3 is 14.6 Å². The molecule has 88 valence electrons. The first-order chi connectivity index (χ1) is 7.51. The predicted molar refractivity (Wildman–Crippen MR) is 54.9 cm³/mol. The van der Waals surface area contributed by atoms with Crippen LogP contribution in [0.5, 0.6) is 5.75 Å². The monoisotopic (exact) mass is 228 g/mol. The molecule has 1 aromatic rings. The molecule has 1 atom stereocenters. The van der Waals surface area contributed by atoms with Gasteiger partial charge >= 0.3 is 5.97 Å². The molecule has 0 fully saturated rings. The molecule has 1 aromatic carbocycles. The van der Waals surface area contributed by atoms with E-state index in [2.05, 4.69) is 4.74 Å². The molecule has 0 bridgehead atoms. The summed E-state index contributed by atoms with van der Waals surface area (Å²) in [6.45, 7) is 1.47. The number of methoxy groups -OCH3 is 2. The molecule has 0 aliphatic rings. The van der Waals surface area contributed by atoms with Gasteiger partial charge in [0.25, 0.3) is 0 Å². The zero-order valence-corrected chi connectivity index (χ0v) is 9.28. The summed E-state index contributed by atoms with van der Waals surface area (Å²) in [4.78, 5) is 11.4. The van der Waals surface area contributed by atoms with Gasteiger partial charge in [0, 0.05) is 0 Å². The molecule has 0 saturated carbocycles. The Hall–Kier alpha value is -1.62. The lowest BCUT2D eigenvalue weighted by atomic mass is 10.1. The molecule has 1 unspecified atom stereocenters. The van der Waals surface area contributed by atoms with Crippen molar-refractivity contribution in [3.05, 3.63) is 29.1 Å². The summed E-state index contributed by atoms with van der Waals surface area (Å²) in [5, 5.41) is 9.33. The van der Waals surface area contributed by atoms with Gasteiger partial charge in [-0.05, 0) is 24.6 Å². The SMILES string of the molecule is COC(=O)c1cc(C(C)O)cc(F)c1OC. The first kappa shape index (κ1) is 12.4. The van der Waals surface area contributed by atoms with Crippen molar-refractivity contribution >= 4 is 5.97 Å². The van der Waals surface area contributed by atoms with Crippen molar-refractivity contribution in [2.75, 3.05) is 14.2 Å². The summed E-state index contributed by atoms with van der Waals surface area (Å²) in [7, 11) is 2.45. The third kappa shape index (κ3) is 2.30. The first-order valence-corrected chi connectivity index (χ1v) is 4.65. The van der Waals surface area contributed by atoms with Gasteiger partial charge in [0.2, 0.25) is 0 Å². The number of ether oxygens (including phenoxy) is 2. The molecule has 0 amide bonds. The number of aliphatic hydroxyl groups is 1. The van der Waals surface area contributed by atoms with Crippen LogP contribution < -0.4 is 4.74 Å². The Balaban J connectivity index is 3.36. The number of carbonyl (C=O) groups is 1. The van der Waals surface area contributed by atoms with Crippen molar-refractivity contribution in [2.24, 2.45) is 0 Å². The van der Waals surface area contributed by atoms with Crippen molar-refractivity contribution in [1.82, 2.24) is 0 Å². The lowest BCUT2D eigenvalue weighted by Gasteiger charge is -2.11. The van der Waals surface area contributed by atoms with Gasteiger partial charge in [-0.15, -0.1) is 0 Å².